The highest BCUT2D eigenvalue weighted by atomic mass is 16.5. The molecule has 1 unspecified atom stereocenters. The minimum Gasteiger partial charge on any atom is -0.496 e. The van der Waals surface area contributed by atoms with Gasteiger partial charge in [0.2, 0.25) is 0 Å². The Kier molecular flexibility index (Phi) is 3.84. The van der Waals surface area contributed by atoms with Crippen molar-refractivity contribution in [1.29, 1.82) is 0 Å². The molecule has 0 fully saturated rings. The molecule has 0 bridgehead atoms. The van der Waals surface area contributed by atoms with Crippen LogP contribution < -0.4 is 14.2 Å². The SMILES string of the molecule is COc1cccc(OC)c1-c1nccn1-c1ccc2c(c1)CC(C)O2. The van der Waals surface area contributed by atoms with Gasteiger partial charge in [-0.3, -0.25) is 4.57 Å². The second-order valence-electron chi connectivity index (χ2n) is 6.08. The Balaban J connectivity index is 1.85. The Hall–Kier alpha value is -2.95. The zero-order chi connectivity index (χ0) is 17.4. The van der Waals surface area contributed by atoms with Crippen LogP contribution in [0, 0.1) is 0 Å². The molecular weight excluding hydrogens is 316 g/mol. The second kappa shape index (κ2) is 6.16. The van der Waals surface area contributed by atoms with Gasteiger partial charge in [0.15, 0.2) is 5.82 Å². The fraction of sp³-hybridized carbons (Fsp3) is 0.250. The molecule has 2 heterocycles. The van der Waals surface area contributed by atoms with E-state index in [-0.39, 0.29) is 6.10 Å². The summed E-state index contributed by atoms with van der Waals surface area (Å²) >= 11 is 0. The molecular formula is C20H20N2O3. The molecule has 0 spiro atoms. The predicted octanol–water partition coefficient (Wildman–Crippen LogP) is 3.88. The number of benzene rings is 2. The Labute approximate surface area is 146 Å². The molecule has 5 nitrogen and oxygen atoms in total. The van der Waals surface area contributed by atoms with Crippen LogP contribution in [0.4, 0.5) is 0 Å². The summed E-state index contributed by atoms with van der Waals surface area (Å²) in [5.41, 5.74) is 3.09. The molecule has 0 aliphatic carbocycles. The molecule has 0 amide bonds. The summed E-state index contributed by atoms with van der Waals surface area (Å²) in [6.07, 6.45) is 4.88. The molecule has 1 aliphatic rings. The zero-order valence-electron chi connectivity index (χ0n) is 14.5. The third-order valence-electron chi connectivity index (χ3n) is 4.45. The van der Waals surface area contributed by atoms with Gasteiger partial charge < -0.3 is 14.2 Å². The number of ether oxygens (including phenoxy) is 3. The smallest absolute Gasteiger partial charge is 0.152 e. The van der Waals surface area contributed by atoms with E-state index < -0.39 is 0 Å². The second-order valence-corrected chi connectivity index (χ2v) is 6.08. The van der Waals surface area contributed by atoms with Gasteiger partial charge in [-0.1, -0.05) is 6.07 Å². The molecule has 3 aromatic rings. The average Bonchev–Trinajstić information content (AvgIpc) is 3.25. The molecule has 0 N–H and O–H groups in total. The predicted molar refractivity (Wildman–Crippen MR) is 95.9 cm³/mol. The van der Waals surface area contributed by atoms with Gasteiger partial charge in [0.1, 0.15) is 28.9 Å². The van der Waals surface area contributed by atoms with E-state index in [4.69, 9.17) is 14.2 Å². The van der Waals surface area contributed by atoms with Crippen molar-refractivity contribution in [2.45, 2.75) is 19.4 Å². The summed E-state index contributed by atoms with van der Waals surface area (Å²) in [6, 6.07) is 12.0. The third-order valence-corrected chi connectivity index (χ3v) is 4.45. The number of hydrogen-bond acceptors (Lipinski definition) is 4. The maximum Gasteiger partial charge on any atom is 0.152 e. The number of imidazole rings is 1. The van der Waals surface area contributed by atoms with E-state index in [1.54, 1.807) is 20.4 Å². The highest BCUT2D eigenvalue weighted by molar-refractivity contribution is 5.73. The van der Waals surface area contributed by atoms with Crippen molar-refractivity contribution in [3.05, 3.63) is 54.4 Å². The third kappa shape index (κ3) is 2.61. The molecule has 4 rings (SSSR count). The number of aromatic nitrogens is 2. The lowest BCUT2D eigenvalue weighted by Crippen LogP contribution is -2.05. The van der Waals surface area contributed by atoms with Gasteiger partial charge in [0.25, 0.3) is 0 Å². The zero-order valence-corrected chi connectivity index (χ0v) is 14.5. The summed E-state index contributed by atoms with van der Waals surface area (Å²) < 4.78 is 18.9. The van der Waals surface area contributed by atoms with Crippen LogP contribution in [0.25, 0.3) is 17.1 Å². The lowest BCUT2D eigenvalue weighted by molar-refractivity contribution is 0.254. The van der Waals surface area contributed by atoms with Crippen molar-refractivity contribution in [2.75, 3.05) is 14.2 Å². The Morgan fingerprint density at radius 3 is 2.60 bits per heavy atom. The molecule has 1 aromatic heterocycles. The molecule has 2 aromatic carbocycles. The summed E-state index contributed by atoms with van der Waals surface area (Å²) in [7, 11) is 3.30. The standard InChI is InChI=1S/C20H20N2O3/c1-13-11-14-12-15(7-8-16(14)25-13)22-10-9-21-20(22)19-17(23-2)5-4-6-18(19)24-3/h4-10,12-13H,11H2,1-3H3. The average molecular weight is 336 g/mol. The van der Waals surface area contributed by atoms with E-state index in [9.17, 15) is 0 Å². The molecule has 0 saturated heterocycles. The lowest BCUT2D eigenvalue weighted by atomic mass is 10.1. The number of hydrogen-bond donors (Lipinski definition) is 0. The van der Waals surface area contributed by atoms with Gasteiger partial charge in [-0.25, -0.2) is 4.98 Å². The number of nitrogens with zero attached hydrogens (tertiary/aromatic N) is 2. The van der Waals surface area contributed by atoms with Gasteiger partial charge in [-0.2, -0.15) is 0 Å². The van der Waals surface area contributed by atoms with Gasteiger partial charge in [-0.15, -0.1) is 0 Å². The van der Waals surface area contributed by atoms with Crippen molar-refractivity contribution in [2.24, 2.45) is 0 Å². The van der Waals surface area contributed by atoms with Gasteiger partial charge in [0, 0.05) is 24.5 Å². The first-order chi connectivity index (χ1) is 12.2. The Morgan fingerprint density at radius 2 is 1.88 bits per heavy atom. The van der Waals surface area contributed by atoms with E-state index in [0.29, 0.717) is 0 Å². The molecule has 1 atom stereocenters. The first-order valence-electron chi connectivity index (χ1n) is 8.26. The van der Waals surface area contributed by atoms with Gasteiger partial charge >= 0.3 is 0 Å². The van der Waals surface area contributed by atoms with Crippen molar-refractivity contribution in [1.82, 2.24) is 9.55 Å². The van der Waals surface area contributed by atoms with Crippen LogP contribution in [0.5, 0.6) is 17.2 Å². The number of rotatable bonds is 4. The first-order valence-corrected chi connectivity index (χ1v) is 8.26. The number of methoxy groups -OCH3 is 2. The fourth-order valence-electron chi connectivity index (χ4n) is 3.33. The van der Waals surface area contributed by atoms with Crippen LogP contribution in [0.3, 0.4) is 0 Å². The Bertz CT molecular complexity index is 895. The van der Waals surface area contributed by atoms with E-state index in [1.165, 1.54) is 5.56 Å². The molecule has 1 aliphatic heterocycles. The van der Waals surface area contributed by atoms with E-state index in [2.05, 4.69) is 18.0 Å². The maximum absolute atomic E-state index is 5.80. The van der Waals surface area contributed by atoms with Crippen LogP contribution in [0.2, 0.25) is 0 Å². The summed E-state index contributed by atoms with van der Waals surface area (Å²) in [5, 5.41) is 0. The Morgan fingerprint density at radius 1 is 1.12 bits per heavy atom. The van der Waals surface area contributed by atoms with Crippen LogP contribution >= 0.6 is 0 Å². The molecule has 0 saturated carbocycles. The van der Waals surface area contributed by atoms with Gasteiger partial charge in [-0.05, 0) is 42.8 Å². The van der Waals surface area contributed by atoms with Crippen molar-refractivity contribution in [3.8, 4) is 34.3 Å². The van der Waals surface area contributed by atoms with Gasteiger partial charge in [0.05, 0.1) is 14.2 Å². The molecule has 128 valence electrons. The largest absolute Gasteiger partial charge is 0.496 e. The van der Waals surface area contributed by atoms with Crippen LogP contribution in [0.15, 0.2) is 48.8 Å². The van der Waals surface area contributed by atoms with E-state index >= 15 is 0 Å². The highest BCUT2D eigenvalue weighted by Crippen LogP contribution is 2.39. The summed E-state index contributed by atoms with van der Waals surface area (Å²) in [6.45, 7) is 2.09. The normalized spacial score (nSPS) is 15.6. The van der Waals surface area contributed by atoms with Crippen molar-refractivity contribution < 1.29 is 14.2 Å². The first kappa shape index (κ1) is 15.6. The topological polar surface area (TPSA) is 45.5 Å². The highest BCUT2D eigenvalue weighted by Gasteiger charge is 2.21. The van der Waals surface area contributed by atoms with Crippen LogP contribution in [0.1, 0.15) is 12.5 Å². The van der Waals surface area contributed by atoms with E-state index in [0.717, 1.165) is 40.7 Å². The van der Waals surface area contributed by atoms with Crippen molar-refractivity contribution >= 4 is 0 Å². The fourth-order valence-corrected chi connectivity index (χ4v) is 3.33. The van der Waals surface area contributed by atoms with Crippen LogP contribution in [-0.4, -0.2) is 29.9 Å². The monoisotopic (exact) mass is 336 g/mol. The minimum atomic E-state index is 0.224. The summed E-state index contributed by atoms with van der Waals surface area (Å²) in [4.78, 5) is 4.56. The minimum absolute atomic E-state index is 0.224. The number of fused-ring (bicyclic) bond motifs is 1. The molecule has 0 radical (unpaired) electrons. The maximum atomic E-state index is 5.80. The quantitative estimate of drug-likeness (QED) is 0.725. The van der Waals surface area contributed by atoms with Crippen LogP contribution in [-0.2, 0) is 6.42 Å². The summed E-state index contributed by atoms with van der Waals surface area (Å²) in [5.74, 6) is 3.20. The molecule has 25 heavy (non-hydrogen) atoms. The van der Waals surface area contributed by atoms with E-state index in [1.807, 2.05) is 41.1 Å². The molecule has 5 heteroatoms. The lowest BCUT2D eigenvalue weighted by Gasteiger charge is -2.15. The van der Waals surface area contributed by atoms with Crippen molar-refractivity contribution in [3.63, 3.8) is 0 Å².